The van der Waals surface area contributed by atoms with Crippen LogP contribution in [-0.4, -0.2) is 43.0 Å². The first-order valence-electron chi connectivity index (χ1n) is 9.49. The van der Waals surface area contributed by atoms with E-state index in [2.05, 4.69) is 20.4 Å². The zero-order valence-corrected chi connectivity index (χ0v) is 16.2. The highest BCUT2D eigenvalue weighted by molar-refractivity contribution is 6.08. The Bertz CT molecular complexity index is 1140. The highest BCUT2D eigenvalue weighted by Gasteiger charge is 2.59. The van der Waals surface area contributed by atoms with Gasteiger partial charge in [0.2, 0.25) is 5.91 Å². The first kappa shape index (κ1) is 17.5. The van der Waals surface area contributed by atoms with Crippen LogP contribution in [0.3, 0.4) is 0 Å². The fourth-order valence-electron chi connectivity index (χ4n) is 4.71. The molecule has 8 nitrogen and oxygen atoms in total. The van der Waals surface area contributed by atoms with E-state index >= 15 is 0 Å². The molecule has 2 atom stereocenters. The van der Waals surface area contributed by atoms with Gasteiger partial charge in [-0.15, -0.1) is 0 Å². The van der Waals surface area contributed by atoms with Crippen molar-refractivity contribution >= 4 is 17.5 Å². The topological polar surface area (TPSA) is 93.0 Å². The minimum atomic E-state index is -0.848. The van der Waals surface area contributed by atoms with Gasteiger partial charge in [-0.2, -0.15) is 5.10 Å². The van der Waals surface area contributed by atoms with Crippen molar-refractivity contribution in [3.8, 4) is 0 Å². The average molecular weight is 388 g/mol. The first-order chi connectivity index (χ1) is 14.0. The van der Waals surface area contributed by atoms with E-state index in [4.69, 9.17) is 0 Å². The Morgan fingerprint density at radius 2 is 2.10 bits per heavy atom. The van der Waals surface area contributed by atoms with Crippen LogP contribution in [0.1, 0.15) is 39.6 Å². The molecule has 2 aliphatic rings. The van der Waals surface area contributed by atoms with Gasteiger partial charge in [-0.25, -0.2) is 9.97 Å². The number of aryl methyl sites for hydroxylation is 2. The van der Waals surface area contributed by atoms with Crippen molar-refractivity contribution in [2.24, 2.45) is 7.05 Å². The van der Waals surface area contributed by atoms with Crippen molar-refractivity contribution in [3.63, 3.8) is 0 Å². The highest BCUT2D eigenvalue weighted by Crippen LogP contribution is 2.54. The Labute approximate surface area is 167 Å². The number of anilines is 1. The Hall–Kier alpha value is -3.55. The van der Waals surface area contributed by atoms with Crippen molar-refractivity contribution < 1.29 is 9.59 Å². The van der Waals surface area contributed by atoms with E-state index < -0.39 is 11.5 Å². The fourth-order valence-corrected chi connectivity index (χ4v) is 4.71. The molecule has 1 fully saturated rings. The number of carbonyl (C=O) groups is 2. The SMILES string of the molecule is Cc1ncncc1C(=O)N1CC[C@]2(C(=O)Nc3ccccc32)[C@@H]1c1cnn(C)c1. The summed E-state index contributed by atoms with van der Waals surface area (Å²) in [6, 6.07) is 7.25. The fraction of sp³-hybridized carbons (Fsp3) is 0.286. The third-order valence-electron chi connectivity index (χ3n) is 6.03. The lowest BCUT2D eigenvalue weighted by atomic mass is 9.73. The smallest absolute Gasteiger partial charge is 0.257 e. The van der Waals surface area contributed by atoms with Gasteiger partial charge in [-0.1, -0.05) is 18.2 Å². The largest absolute Gasteiger partial charge is 0.330 e. The number of nitrogens with one attached hydrogen (secondary N) is 1. The molecule has 2 aliphatic heterocycles. The predicted octanol–water partition coefficient (Wildman–Crippen LogP) is 2.00. The van der Waals surface area contributed by atoms with Gasteiger partial charge in [0.25, 0.3) is 5.91 Å². The summed E-state index contributed by atoms with van der Waals surface area (Å²) < 4.78 is 1.69. The maximum Gasteiger partial charge on any atom is 0.257 e. The number of hydrogen-bond acceptors (Lipinski definition) is 5. The second-order valence-corrected chi connectivity index (χ2v) is 7.59. The number of amides is 2. The summed E-state index contributed by atoms with van der Waals surface area (Å²) in [5, 5.41) is 7.32. The zero-order valence-electron chi connectivity index (χ0n) is 16.2. The van der Waals surface area contributed by atoms with E-state index in [9.17, 15) is 9.59 Å². The van der Waals surface area contributed by atoms with E-state index in [0.717, 1.165) is 16.8 Å². The van der Waals surface area contributed by atoms with Crippen LogP contribution < -0.4 is 5.32 Å². The average Bonchev–Trinajstić information content (AvgIpc) is 3.39. The number of nitrogens with zero attached hydrogens (tertiary/aromatic N) is 5. The molecule has 2 amide bonds. The van der Waals surface area contributed by atoms with Crippen LogP contribution in [0.4, 0.5) is 5.69 Å². The molecule has 8 heteroatoms. The lowest BCUT2D eigenvalue weighted by Gasteiger charge is -2.33. The van der Waals surface area contributed by atoms with Crippen LogP contribution >= 0.6 is 0 Å². The van der Waals surface area contributed by atoms with Crippen LogP contribution in [0.25, 0.3) is 0 Å². The van der Waals surface area contributed by atoms with E-state index in [0.29, 0.717) is 24.2 Å². The van der Waals surface area contributed by atoms with Gasteiger partial charge >= 0.3 is 0 Å². The van der Waals surface area contributed by atoms with Crippen LogP contribution in [-0.2, 0) is 17.3 Å². The number of likely N-dealkylation sites (tertiary alicyclic amines) is 1. The number of carbonyl (C=O) groups excluding carboxylic acids is 2. The summed E-state index contributed by atoms with van der Waals surface area (Å²) in [6.07, 6.45) is 7.12. The molecule has 0 saturated carbocycles. The van der Waals surface area contributed by atoms with Crippen molar-refractivity contribution in [1.29, 1.82) is 0 Å². The molecule has 1 aromatic carbocycles. The lowest BCUT2D eigenvalue weighted by molar-refractivity contribution is -0.121. The Morgan fingerprint density at radius 1 is 1.28 bits per heavy atom. The molecule has 4 heterocycles. The molecule has 5 rings (SSSR count). The van der Waals surface area contributed by atoms with Gasteiger partial charge in [0.05, 0.1) is 23.5 Å². The van der Waals surface area contributed by atoms with Gasteiger partial charge in [0.15, 0.2) is 0 Å². The summed E-state index contributed by atoms with van der Waals surface area (Å²) in [5.41, 5.74) is 2.78. The second kappa shape index (κ2) is 6.23. The maximum atomic E-state index is 13.5. The highest BCUT2D eigenvalue weighted by atomic mass is 16.2. The molecular weight excluding hydrogens is 368 g/mol. The van der Waals surface area contributed by atoms with Gasteiger partial charge in [-0.05, 0) is 25.0 Å². The standard InChI is InChI=1S/C21H20N6O2/c1-13-15(10-22-12-23-13)19(28)27-8-7-21(18(27)14-9-24-26(2)11-14)16-5-3-4-6-17(16)25-20(21)29/h3-6,9-12,18H,7-8H2,1-2H3,(H,25,29)/t18-,21+/m0/s1. The Morgan fingerprint density at radius 3 is 2.86 bits per heavy atom. The lowest BCUT2D eigenvalue weighted by Crippen LogP contribution is -2.42. The van der Waals surface area contributed by atoms with Crippen LogP contribution in [0.15, 0.2) is 49.2 Å². The predicted molar refractivity (Wildman–Crippen MR) is 105 cm³/mol. The van der Waals surface area contributed by atoms with E-state index in [-0.39, 0.29) is 11.8 Å². The monoisotopic (exact) mass is 388 g/mol. The van der Waals surface area contributed by atoms with E-state index in [1.807, 2.05) is 37.5 Å². The van der Waals surface area contributed by atoms with Gasteiger partial charge in [0, 0.05) is 37.2 Å². The normalized spacial score (nSPS) is 22.8. The third kappa shape index (κ3) is 2.41. The summed E-state index contributed by atoms with van der Waals surface area (Å²) in [7, 11) is 1.83. The van der Waals surface area contributed by atoms with Crippen LogP contribution in [0.2, 0.25) is 0 Å². The van der Waals surface area contributed by atoms with Crippen LogP contribution in [0.5, 0.6) is 0 Å². The quantitative estimate of drug-likeness (QED) is 0.725. The van der Waals surface area contributed by atoms with Crippen molar-refractivity contribution in [2.75, 3.05) is 11.9 Å². The molecule has 0 bridgehead atoms. The number of fused-ring (bicyclic) bond motifs is 2. The third-order valence-corrected chi connectivity index (χ3v) is 6.03. The van der Waals surface area contributed by atoms with Crippen LogP contribution in [0, 0.1) is 6.92 Å². The first-order valence-corrected chi connectivity index (χ1v) is 9.49. The molecular formula is C21H20N6O2. The summed E-state index contributed by atoms with van der Waals surface area (Å²) in [6.45, 7) is 2.24. The second-order valence-electron chi connectivity index (χ2n) is 7.59. The van der Waals surface area contributed by atoms with E-state index in [1.54, 1.807) is 28.9 Å². The molecule has 0 aliphatic carbocycles. The van der Waals surface area contributed by atoms with Crippen molar-refractivity contribution in [1.82, 2.24) is 24.6 Å². The minimum Gasteiger partial charge on any atom is -0.330 e. The summed E-state index contributed by atoms with van der Waals surface area (Å²) >= 11 is 0. The van der Waals surface area contributed by atoms with Gasteiger partial charge < -0.3 is 10.2 Å². The molecule has 1 spiro atoms. The number of rotatable bonds is 2. The minimum absolute atomic E-state index is 0.0797. The summed E-state index contributed by atoms with van der Waals surface area (Å²) in [5.74, 6) is -0.255. The van der Waals surface area contributed by atoms with Crippen molar-refractivity contribution in [2.45, 2.75) is 24.8 Å². The summed E-state index contributed by atoms with van der Waals surface area (Å²) in [4.78, 5) is 36.8. The molecule has 1 saturated heterocycles. The maximum absolute atomic E-state index is 13.5. The van der Waals surface area contributed by atoms with Gasteiger partial charge in [-0.3, -0.25) is 14.3 Å². The number of para-hydroxylation sites is 1. The van der Waals surface area contributed by atoms with E-state index in [1.165, 1.54) is 6.33 Å². The molecule has 29 heavy (non-hydrogen) atoms. The Balaban J connectivity index is 1.68. The van der Waals surface area contributed by atoms with Gasteiger partial charge in [0.1, 0.15) is 11.7 Å². The molecule has 0 unspecified atom stereocenters. The molecule has 3 aromatic rings. The molecule has 146 valence electrons. The molecule has 0 radical (unpaired) electrons. The Kier molecular flexibility index (Phi) is 3.77. The molecule has 2 aromatic heterocycles. The number of benzene rings is 1. The molecule has 1 N–H and O–H groups in total. The number of aromatic nitrogens is 4. The zero-order chi connectivity index (χ0) is 20.2. The number of hydrogen-bond donors (Lipinski definition) is 1. The van der Waals surface area contributed by atoms with Crippen molar-refractivity contribution in [3.05, 3.63) is 71.6 Å².